The molecule has 2 aromatic carbocycles. The molecule has 128 valence electrons. The van der Waals surface area contributed by atoms with E-state index in [9.17, 15) is 10.1 Å². The first-order chi connectivity index (χ1) is 11.7. The van der Waals surface area contributed by atoms with Gasteiger partial charge in [0.05, 0.1) is 5.69 Å². The molecule has 0 saturated heterocycles. The van der Waals surface area contributed by atoms with Crippen LogP contribution in [0.15, 0.2) is 52.5 Å². The molecule has 0 saturated carbocycles. The highest BCUT2D eigenvalue weighted by Crippen LogP contribution is 2.30. The molecule has 0 aromatic heterocycles. The number of nitrogens with zero attached hydrogens (tertiary/aromatic N) is 1. The van der Waals surface area contributed by atoms with E-state index in [0.29, 0.717) is 10.7 Å². The zero-order valence-electron chi connectivity index (χ0n) is 14.2. The Kier molecular flexibility index (Phi) is 6.05. The van der Waals surface area contributed by atoms with E-state index >= 15 is 0 Å². The van der Waals surface area contributed by atoms with Gasteiger partial charge >= 0.3 is 0 Å². The summed E-state index contributed by atoms with van der Waals surface area (Å²) < 4.78 is 0.775. The molecule has 1 amide bonds. The molecule has 0 fully saturated rings. The van der Waals surface area contributed by atoms with Crippen LogP contribution in [0.25, 0.3) is 6.08 Å². The SMILES string of the molecule is CC(C)(C)c1ccc(NC(=O)/C(C#N)=C/c2ccc(Cl)cc2)c(Br)c1. The van der Waals surface area contributed by atoms with Crippen LogP contribution in [0.2, 0.25) is 5.02 Å². The van der Waals surface area contributed by atoms with Crippen molar-refractivity contribution in [1.82, 2.24) is 0 Å². The lowest BCUT2D eigenvalue weighted by Crippen LogP contribution is -2.15. The lowest BCUT2D eigenvalue weighted by atomic mass is 9.87. The molecule has 0 radical (unpaired) electrons. The largest absolute Gasteiger partial charge is 0.320 e. The zero-order valence-corrected chi connectivity index (χ0v) is 16.6. The molecule has 0 unspecified atom stereocenters. The molecule has 0 aliphatic heterocycles. The van der Waals surface area contributed by atoms with Gasteiger partial charge in [-0.05, 0) is 62.8 Å². The molecule has 0 aliphatic carbocycles. The van der Waals surface area contributed by atoms with Gasteiger partial charge in [0.15, 0.2) is 0 Å². The van der Waals surface area contributed by atoms with Gasteiger partial charge in [0.2, 0.25) is 0 Å². The monoisotopic (exact) mass is 416 g/mol. The number of halogens is 2. The Labute approximate surface area is 161 Å². The van der Waals surface area contributed by atoms with Crippen molar-refractivity contribution in [2.45, 2.75) is 26.2 Å². The Morgan fingerprint density at radius 2 is 1.84 bits per heavy atom. The van der Waals surface area contributed by atoms with E-state index in [-0.39, 0.29) is 11.0 Å². The number of carbonyl (C=O) groups is 1. The topological polar surface area (TPSA) is 52.9 Å². The average Bonchev–Trinajstić information content (AvgIpc) is 2.55. The maximum absolute atomic E-state index is 12.4. The maximum Gasteiger partial charge on any atom is 0.266 e. The first-order valence-electron chi connectivity index (χ1n) is 7.69. The Bertz CT molecular complexity index is 859. The number of nitrogens with one attached hydrogen (secondary N) is 1. The van der Waals surface area contributed by atoms with Crippen molar-refractivity contribution in [3.05, 3.63) is 68.7 Å². The number of hydrogen-bond donors (Lipinski definition) is 1. The van der Waals surface area contributed by atoms with Crippen LogP contribution in [0.4, 0.5) is 5.69 Å². The minimum Gasteiger partial charge on any atom is -0.320 e. The standard InChI is InChI=1S/C20H18BrClN2O/c1-20(2,3)15-6-9-18(17(21)11-15)24-19(25)14(12-23)10-13-4-7-16(22)8-5-13/h4-11H,1-3H3,(H,24,25)/b14-10+. The summed E-state index contributed by atoms with van der Waals surface area (Å²) >= 11 is 9.33. The smallest absolute Gasteiger partial charge is 0.266 e. The van der Waals surface area contributed by atoms with Crippen molar-refractivity contribution in [3.8, 4) is 6.07 Å². The van der Waals surface area contributed by atoms with E-state index < -0.39 is 5.91 Å². The van der Waals surface area contributed by atoms with E-state index in [2.05, 4.69) is 42.0 Å². The molecular weight excluding hydrogens is 400 g/mol. The summed E-state index contributed by atoms with van der Waals surface area (Å²) in [7, 11) is 0. The van der Waals surface area contributed by atoms with Crippen LogP contribution in [0.1, 0.15) is 31.9 Å². The predicted octanol–water partition coefficient (Wildman–Crippen LogP) is 5.95. The van der Waals surface area contributed by atoms with Crippen LogP contribution >= 0.6 is 27.5 Å². The van der Waals surface area contributed by atoms with Crippen LogP contribution < -0.4 is 5.32 Å². The Hall–Kier alpha value is -2.09. The zero-order chi connectivity index (χ0) is 18.6. The number of anilines is 1. The van der Waals surface area contributed by atoms with Gasteiger partial charge in [-0.1, -0.05) is 50.6 Å². The van der Waals surface area contributed by atoms with Gasteiger partial charge in [-0.15, -0.1) is 0 Å². The molecule has 0 spiro atoms. The highest BCUT2D eigenvalue weighted by Gasteiger charge is 2.16. The number of nitriles is 1. The molecular formula is C20H18BrClN2O. The number of benzene rings is 2. The Morgan fingerprint density at radius 1 is 1.20 bits per heavy atom. The van der Waals surface area contributed by atoms with Gasteiger partial charge in [0.25, 0.3) is 5.91 Å². The van der Waals surface area contributed by atoms with Gasteiger partial charge in [0.1, 0.15) is 11.6 Å². The number of amides is 1. The highest BCUT2D eigenvalue weighted by molar-refractivity contribution is 9.10. The fraction of sp³-hybridized carbons (Fsp3) is 0.200. The summed E-state index contributed by atoms with van der Waals surface area (Å²) in [6.45, 7) is 6.36. The van der Waals surface area contributed by atoms with Crippen LogP contribution in [-0.2, 0) is 10.2 Å². The van der Waals surface area contributed by atoms with E-state index in [1.807, 2.05) is 24.3 Å². The van der Waals surface area contributed by atoms with E-state index in [1.54, 1.807) is 24.3 Å². The molecule has 0 bridgehead atoms. The minimum absolute atomic E-state index is 0.0113. The number of hydrogen-bond acceptors (Lipinski definition) is 2. The molecule has 2 aromatic rings. The summed E-state index contributed by atoms with van der Waals surface area (Å²) in [5, 5.41) is 12.7. The fourth-order valence-electron chi connectivity index (χ4n) is 2.15. The summed E-state index contributed by atoms with van der Waals surface area (Å²) in [6, 6.07) is 14.6. The van der Waals surface area contributed by atoms with E-state index in [0.717, 1.165) is 15.6 Å². The second kappa shape index (κ2) is 7.86. The maximum atomic E-state index is 12.4. The Morgan fingerprint density at radius 3 is 2.36 bits per heavy atom. The van der Waals surface area contributed by atoms with Gasteiger partial charge in [-0.3, -0.25) is 4.79 Å². The third-order valence-electron chi connectivity index (χ3n) is 3.63. The summed E-state index contributed by atoms with van der Waals surface area (Å²) in [4.78, 5) is 12.4. The van der Waals surface area contributed by atoms with Crippen molar-refractivity contribution < 1.29 is 4.79 Å². The highest BCUT2D eigenvalue weighted by atomic mass is 79.9. The molecule has 1 N–H and O–H groups in total. The van der Waals surface area contributed by atoms with Crippen molar-refractivity contribution in [3.63, 3.8) is 0 Å². The average molecular weight is 418 g/mol. The third kappa shape index (κ3) is 5.19. The van der Waals surface area contributed by atoms with Crippen molar-refractivity contribution >= 4 is 45.2 Å². The Balaban J connectivity index is 2.23. The van der Waals surface area contributed by atoms with Crippen LogP contribution in [0, 0.1) is 11.3 Å². The first-order valence-corrected chi connectivity index (χ1v) is 8.86. The molecule has 3 nitrogen and oxygen atoms in total. The normalized spacial score (nSPS) is 11.8. The number of rotatable bonds is 3. The lowest BCUT2D eigenvalue weighted by Gasteiger charge is -2.20. The summed E-state index contributed by atoms with van der Waals surface area (Å²) in [5.41, 5.74) is 2.54. The van der Waals surface area contributed by atoms with Crippen molar-refractivity contribution in [2.24, 2.45) is 0 Å². The molecule has 5 heteroatoms. The second-order valence-electron chi connectivity index (χ2n) is 6.62. The molecule has 0 heterocycles. The van der Waals surface area contributed by atoms with Crippen LogP contribution in [0.3, 0.4) is 0 Å². The molecule has 0 aliphatic rings. The summed E-state index contributed by atoms with van der Waals surface area (Å²) in [5.74, 6) is -0.457. The third-order valence-corrected chi connectivity index (χ3v) is 4.54. The van der Waals surface area contributed by atoms with E-state index in [4.69, 9.17) is 11.6 Å². The molecule has 2 rings (SSSR count). The van der Waals surface area contributed by atoms with Gasteiger partial charge < -0.3 is 5.32 Å². The molecule has 25 heavy (non-hydrogen) atoms. The number of carbonyl (C=O) groups excluding carboxylic acids is 1. The van der Waals surface area contributed by atoms with Crippen molar-refractivity contribution in [1.29, 1.82) is 5.26 Å². The molecule has 0 atom stereocenters. The lowest BCUT2D eigenvalue weighted by molar-refractivity contribution is -0.112. The van der Waals surface area contributed by atoms with Crippen LogP contribution in [0.5, 0.6) is 0 Å². The van der Waals surface area contributed by atoms with Gasteiger partial charge in [-0.25, -0.2) is 0 Å². The predicted molar refractivity (Wildman–Crippen MR) is 107 cm³/mol. The van der Waals surface area contributed by atoms with E-state index in [1.165, 1.54) is 6.08 Å². The van der Waals surface area contributed by atoms with Crippen LogP contribution in [-0.4, -0.2) is 5.91 Å². The quantitative estimate of drug-likeness (QED) is 0.496. The summed E-state index contributed by atoms with van der Waals surface area (Å²) in [6.07, 6.45) is 1.53. The van der Waals surface area contributed by atoms with Gasteiger partial charge in [0, 0.05) is 9.50 Å². The van der Waals surface area contributed by atoms with Gasteiger partial charge in [-0.2, -0.15) is 5.26 Å². The van der Waals surface area contributed by atoms with Crippen molar-refractivity contribution in [2.75, 3.05) is 5.32 Å². The minimum atomic E-state index is -0.457. The second-order valence-corrected chi connectivity index (χ2v) is 7.91. The first kappa shape index (κ1) is 19.2. The fourth-order valence-corrected chi connectivity index (χ4v) is 2.75.